The van der Waals surface area contributed by atoms with Crippen molar-refractivity contribution < 1.29 is 67.4 Å². The Morgan fingerprint density at radius 2 is 0.958 bits per heavy atom. The average Bonchev–Trinajstić information content (AvgIpc) is 0.811. The maximum atomic E-state index is 15.3. The molecule has 96 heavy (non-hydrogen) atoms. The number of amides is 12. The first-order valence-corrected chi connectivity index (χ1v) is 34.4. The van der Waals surface area contributed by atoms with Crippen molar-refractivity contribution in [2.75, 3.05) is 95.8 Å². The molecule has 0 radical (unpaired) electrons. The van der Waals surface area contributed by atoms with Gasteiger partial charge in [0, 0.05) is 81.4 Å². The third-order valence-electron chi connectivity index (χ3n) is 18.8. The van der Waals surface area contributed by atoms with Gasteiger partial charge < -0.3 is 75.2 Å². The summed E-state index contributed by atoms with van der Waals surface area (Å²) >= 11 is 0. The number of nitrogens with one attached hydrogen (secondary N) is 4. The molecule has 0 spiro atoms. The summed E-state index contributed by atoms with van der Waals surface area (Å²) in [7, 11) is 11.7. The third kappa shape index (κ3) is 23.2. The first kappa shape index (κ1) is 85.3. The molecular formula is C69H123N13O14. The molecule has 2 fully saturated rings. The van der Waals surface area contributed by atoms with Crippen LogP contribution in [0.3, 0.4) is 0 Å². The van der Waals surface area contributed by atoms with E-state index in [1.54, 1.807) is 72.4 Å². The van der Waals surface area contributed by atoms with Gasteiger partial charge in [-0.05, 0) is 102 Å². The Morgan fingerprint density at radius 3 is 1.45 bits per heavy atom. The Balaban J connectivity index is 3.03. The summed E-state index contributed by atoms with van der Waals surface area (Å²) in [5, 5.41) is 23.2. The fourth-order valence-electron chi connectivity index (χ4n) is 12.4. The molecule has 2 aliphatic rings. The molecule has 2 heterocycles. The van der Waals surface area contributed by atoms with Gasteiger partial charge in [-0.1, -0.05) is 102 Å². The summed E-state index contributed by atoms with van der Waals surface area (Å²) in [5.74, 6) is -11.5. The van der Waals surface area contributed by atoms with E-state index in [1.165, 1.54) is 89.7 Å². The number of rotatable bonds is 18. The topological polar surface area (TPSA) is 312 Å². The molecule has 0 saturated carbocycles. The maximum absolute atomic E-state index is 15.3. The highest BCUT2D eigenvalue weighted by atomic mass is 16.5. The molecule has 27 heteroatoms. The van der Waals surface area contributed by atoms with Gasteiger partial charge in [0.1, 0.15) is 73.1 Å². The van der Waals surface area contributed by atoms with Crippen molar-refractivity contribution >= 4 is 70.9 Å². The number of likely N-dealkylation sites (N-methyl/N-ethyl adjacent to an activating group) is 8. The Labute approximate surface area is 573 Å². The minimum Gasteiger partial charge on any atom is -0.390 e. The van der Waals surface area contributed by atoms with Crippen LogP contribution in [0.5, 0.6) is 0 Å². The normalized spacial score (nSPS) is 27.4. The highest BCUT2D eigenvalue weighted by Crippen LogP contribution is 2.26. The van der Waals surface area contributed by atoms with Crippen LogP contribution in [0, 0.1) is 41.4 Å². The molecule has 0 aromatic heterocycles. The largest absolute Gasteiger partial charge is 0.390 e. The van der Waals surface area contributed by atoms with Crippen LogP contribution < -0.4 is 21.3 Å². The SMILES string of the molecule is CC=CCC(C)C(O)C1C(=O)NC(CC)C(=O)N(C)C(C)C(=O)N(C)C(C(C)COCC(=O)N2CCN(C)CC2)C(=O)NC(C(C)C)C(=O)N(C)C(CC(C)C)C(=O)NC(C)C(=O)NC(C)C(=O)N(C)C(CC(C)C)C(=O)N(C)C(CC(C)C)C(=O)N(C)C(C(C)C)C(=O)N1C. The van der Waals surface area contributed by atoms with Crippen molar-refractivity contribution in [3.05, 3.63) is 12.2 Å². The van der Waals surface area contributed by atoms with Gasteiger partial charge in [-0.25, -0.2) is 0 Å². The number of hydrogen-bond acceptors (Lipinski definition) is 15. The molecule has 14 atom stereocenters. The molecule has 0 aromatic carbocycles. The molecule has 0 aromatic rings. The van der Waals surface area contributed by atoms with Crippen molar-refractivity contribution in [2.24, 2.45) is 41.4 Å². The van der Waals surface area contributed by atoms with E-state index in [-0.39, 0.29) is 69.0 Å². The van der Waals surface area contributed by atoms with Crippen molar-refractivity contribution in [1.29, 1.82) is 0 Å². The molecule has 0 bridgehead atoms. The molecule has 12 amide bonds. The number of allylic oxidation sites excluding steroid dienone is 2. The van der Waals surface area contributed by atoms with Crippen LogP contribution in [0.2, 0.25) is 0 Å². The molecule has 5 N–H and O–H groups in total. The summed E-state index contributed by atoms with van der Waals surface area (Å²) in [6.45, 7) is 30.8. The maximum Gasteiger partial charge on any atom is 0.248 e. The summed E-state index contributed by atoms with van der Waals surface area (Å²) in [6.07, 6.45) is 2.66. The smallest absolute Gasteiger partial charge is 0.248 e. The molecule has 27 nitrogen and oxygen atoms in total. The number of ether oxygens (including phenoxy) is 1. The molecule has 2 saturated heterocycles. The van der Waals surface area contributed by atoms with Gasteiger partial charge in [0.05, 0.1) is 12.7 Å². The Morgan fingerprint density at radius 1 is 0.500 bits per heavy atom. The standard InChI is InChI=1S/C69H123N13O14/c1-26-28-29-44(13)58(84)57-62(88)72-49(27-2)65(91)75(19)48(17)64(90)80(24)56(45(14)37-96-38-53(83)82-32-30-74(18)31-33-82)61(87)73-54(42(9)10)68(94)76(20)50(34-39(3)4)60(86)70-46(15)59(85)71-47(16)63(89)77(21)51(35-40(5)6)66(92)78(22)52(36-41(7)8)67(93)79(23)55(43(11)12)69(95)81(57)25/h26,28,39-52,54-58,84H,27,29-38H2,1-25H3,(H,70,86)(H,71,85)(H,72,88)(H,73,87). The van der Waals surface area contributed by atoms with Gasteiger partial charge in [0.2, 0.25) is 70.9 Å². The van der Waals surface area contributed by atoms with Gasteiger partial charge in [0.25, 0.3) is 0 Å². The average molecular weight is 1360 g/mol. The van der Waals surface area contributed by atoms with Crippen molar-refractivity contribution in [2.45, 2.75) is 222 Å². The van der Waals surface area contributed by atoms with E-state index in [1.807, 2.05) is 48.6 Å². The first-order valence-electron chi connectivity index (χ1n) is 34.4. The number of piperazine rings is 1. The van der Waals surface area contributed by atoms with Gasteiger partial charge in [-0.2, -0.15) is 0 Å². The van der Waals surface area contributed by atoms with Crippen molar-refractivity contribution in [1.82, 2.24) is 65.4 Å². The molecule has 2 aliphatic heterocycles. The number of nitrogens with zero attached hydrogens (tertiary/aromatic N) is 9. The first-order chi connectivity index (χ1) is 44.5. The van der Waals surface area contributed by atoms with Gasteiger partial charge in [0.15, 0.2) is 0 Å². The van der Waals surface area contributed by atoms with Crippen LogP contribution >= 0.6 is 0 Å². The van der Waals surface area contributed by atoms with Crippen molar-refractivity contribution in [3.63, 3.8) is 0 Å². The summed E-state index contributed by atoms with van der Waals surface area (Å²) in [5.41, 5.74) is 0. The molecular weight excluding hydrogens is 1230 g/mol. The minimum absolute atomic E-state index is 0.0321. The predicted molar refractivity (Wildman–Crippen MR) is 368 cm³/mol. The number of aliphatic hydroxyl groups is 1. The lowest BCUT2D eigenvalue weighted by Gasteiger charge is -2.41. The zero-order chi connectivity index (χ0) is 73.8. The lowest BCUT2D eigenvalue weighted by Crippen LogP contribution is -2.64. The fraction of sp³-hybridized carbons (Fsp3) is 0.797. The summed E-state index contributed by atoms with van der Waals surface area (Å²) in [6, 6.07) is -14.4. The van der Waals surface area contributed by atoms with Crippen LogP contribution in [-0.2, 0) is 62.3 Å². The second-order valence-corrected chi connectivity index (χ2v) is 28.9. The van der Waals surface area contributed by atoms with E-state index in [9.17, 15) is 38.7 Å². The predicted octanol–water partition coefficient (Wildman–Crippen LogP) is 2.04. The van der Waals surface area contributed by atoms with Gasteiger partial charge in [-0.3, -0.25) is 57.5 Å². The molecule has 2 rings (SSSR count). The number of carbonyl (C=O) groups excluding carboxylic acids is 12. The van der Waals surface area contributed by atoms with Gasteiger partial charge >= 0.3 is 0 Å². The monoisotopic (exact) mass is 1360 g/mol. The van der Waals surface area contributed by atoms with E-state index in [0.717, 1.165) is 14.7 Å². The Kier molecular flexibility index (Phi) is 34.7. The van der Waals surface area contributed by atoms with Crippen LogP contribution in [0.1, 0.15) is 150 Å². The van der Waals surface area contributed by atoms with Crippen LogP contribution in [0.4, 0.5) is 0 Å². The van der Waals surface area contributed by atoms with Crippen LogP contribution in [0.25, 0.3) is 0 Å². The van der Waals surface area contributed by atoms with Gasteiger partial charge in [-0.15, -0.1) is 0 Å². The fourth-order valence-corrected chi connectivity index (χ4v) is 12.4. The molecule has 548 valence electrons. The number of hydrogen-bond donors (Lipinski definition) is 5. The van der Waals surface area contributed by atoms with E-state index in [4.69, 9.17) is 4.74 Å². The second-order valence-electron chi connectivity index (χ2n) is 28.9. The zero-order valence-corrected chi connectivity index (χ0v) is 62.7. The quantitative estimate of drug-likeness (QED) is 0.123. The number of carbonyl (C=O) groups is 12. The minimum atomic E-state index is -1.66. The highest BCUT2D eigenvalue weighted by molar-refractivity contribution is 6.00. The summed E-state index contributed by atoms with van der Waals surface area (Å²) in [4.78, 5) is 189. The van der Waals surface area contributed by atoms with E-state index in [2.05, 4.69) is 26.2 Å². The molecule has 0 aliphatic carbocycles. The third-order valence-corrected chi connectivity index (χ3v) is 18.8. The van der Waals surface area contributed by atoms with E-state index >= 15 is 24.0 Å². The van der Waals surface area contributed by atoms with Crippen LogP contribution in [-0.4, -0.2) is 288 Å². The van der Waals surface area contributed by atoms with E-state index < -0.39 is 161 Å². The highest BCUT2D eigenvalue weighted by Gasteiger charge is 2.46. The summed E-state index contributed by atoms with van der Waals surface area (Å²) < 4.78 is 5.98. The van der Waals surface area contributed by atoms with Crippen LogP contribution in [0.15, 0.2) is 12.2 Å². The lowest BCUT2D eigenvalue weighted by molar-refractivity contribution is -0.157. The Bertz CT molecular complexity index is 2680. The number of aliphatic hydroxyl groups excluding tert-OH is 1. The molecule has 14 unspecified atom stereocenters. The van der Waals surface area contributed by atoms with E-state index in [0.29, 0.717) is 26.2 Å². The zero-order valence-electron chi connectivity index (χ0n) is 62.7. The second kappa shape index (κ2) is 39.0. The van der Waals surface area contributed by atoms with Crippen molar-refractivity contribution in [3.8, 4) is 0 Å². The Hall–Kier alpha value is -6.74. The lowest BCUT2D eigenvalue weighted by atomic mass is 9.91.